The van der Waals surface area contributed by atoms with Crippen LogP contribution in [0.2, 0.25) is 0 Å². The van der Waals surface area contributed by atoms with E-state index in [0.29, 0.717) is 0 Å². The number of benzene rings is 1. The summed E-state index contributed by atoms with van der Waals surface area (Å²) < 4.78 is 1.99. The molecule has 2 aromatic heterocycles. The van der Waals surface area contributed by atoms with Gasteiger partial charge in [0.2, 0.25) is 0 Å². The predicted octanol–water partition coefficient (Wildman–Crippen LogP) is 2.34. The summed E-state index contributed by atoms with van der Waals surface area (Å²) in [4.78, 5) is 8.50. The molecule has 1 N–H and O–H groups in total. The second-order valence-electron chi connectivity index (χ2n) is 3.91. The van der Waals surface area contributed by atoms with Crippen molar-refractivity contribution in [2.75, 3.05) is 0 Å². The number of nitrogens with zero attached hydrogens (tertiary/aromatic N) is 3. The molecule has 0 amide bonds. The van der Waals surface area contributed by atoms with E-state index in [1.165, 1.54) is 6.20 Å². The van der Waals surface area contributed by atoms with E-state index >= 15 is 0 Å². The van der Waals surface area contributed by atoms with Crippen molar-refractivity contribution in [1.82, 2.24) is 14.5 Å². The first-order valence-electron chi connectivity index (χ1n) is 5.31. The maximum Gasteiger partial charge on any atom is 0.142 e. The molecule has 1 aromatic carbocycles. The van der Waals surface area contributed by atoms with Crippen molar-refractivity contribution in [3.63, 3.8) is 0 Å². The molecule has 3 aromatic rings. The Morgan fingerprint density at radius 2 is 2.00 bits per heavy atom. The molecule has 0 bridgehead atoms. The molecule has 0 aliphatic carbocycles. The Kier molecular flexibility index (Phi) is 2.08. The molecule has 0 saturated heterocycles. The molecule has 0 radical (unpaired) electrons. The van der Waals surface area contributed by atoms with Gasteiger partial charge in [-0.2, -0.15) is 0 Å². The lowest BCUT2D eigenvalue weighted by molar-refractivity contribution is 0.473. The third-order valence-electron chi connectivity index (χ3n) is 2.77. The van der Waals surface area contributed by atoms with Crippen LogP contribution in [0.3, 0.4) is 0 Å². The molecular weight excluding hydrogens is 214 g/mol. The van der Waals surface area contributed by atoms with Crippen LogP contribution >= 0.6 is 0 Å². The largest absolute Gasteiger partial charge is 0.506 e. The van der Waals surface area contributed by atoms with Crippen LogP contribution in [0.1, 0.15) is 0 Å². The lowest BCUT2D eigenvalue weighted by Crippen LogP contribution is -1.92. The Morgan fingerprint density at radius 1 is 1.18 bits per heavy atom. The fraction of sp³-hybridized carbons (Fsp3) is 0.0769. The Hall–Kier alpha value is -2.36. The SMILES string of the molecule is Cn1c(-c2cncc(O)c2)nc2ccccc21. The highest BCUT2D eigenvalue weighted by Gasteiger charge is 2.09. The molecule has 4 heteroatoms. The molecule has 0 spiro atoms. The van der Waals surface area contributed by atoms with Crippen LogP contribution < -0.4 is 0 Å². The molecule has 4 nitrogen and oxygen atoms in total. The Bertz CT molecular complexity index is 688. The number of aryl methyl sites for hydroxylation is 1. The summed E-state index contributed by atoms with van der Waals surface area (Å²) in [5.74, 6) is 0.948. The van der Waals surface area contributed by atoms with Crippen LogP contribution in [0.25, 0.3) is 22.4 Å². The number of rotatable bonds is 1. The van der Waals surface area contributed by atoms with Crippen molar-refractivity contribution >= 4 is 11.0 Å². The van der Waals surface area contributed by atoms with Gasteiger partial charge in [0.25, 0.3) is 0 Å². The van der Waals surface area contributed by atoms with Crippen molar-refractivity contribution in [2.45, 2.75) is 0 Å². The summed E-state index contributed by atoms with van der Waals surface area (Å²) in [7, 11) is 1.95. The predicted molar refractivity (Wildman–Crippen MR) is 65.6 cm³/mol. The highest BCUT2D eigenvalue weighted by Crippen LogP contribution is 2.24. The van der Waals surface area contributed by atoms with Crippen molar-refractivity contribution in [3.8, 4) is 17.1 Å². The maximum atomic E-state index is 9.44. The van der Waals surface area contributed by atoms with E-state index in [1.54, 1.807) is 12.3 Å². The summed E-state index contributed by atoms with van der Waals surface area (Å²) in [6.45, 7) is 0. The standard InChI is InChI=1S/C13H11N3O/c1-16-12-5-3-2-4-11(12)15-13(16)9-6-10(17)8-14-7-9/h2-8,17H,1H3. The van der Waals surface area contributed by atoms with E-state index in [-0.39, 0.29) is 5.75 Å². The van der Waals surface area contributed by atoms with Gasteiger partial charge in [-0.25, -0.2) is 4.98 Å². The molecule has 2 heterocycles. The number of aromatic hydroxyl groups is 1. The second-order valence-corrected chi connectivity index (χ2v) is 3.91. The molecule has 17 heavy (non-hydrogen) atoms. The molecule has 0 aliphatic rings. The molecule has 0 aliphatic heterocycles. The average Bonchev–Trinajstić information content (AvgIpc) is 2.68. The van der Waals surface area contributed by atoms with Gasteiger partial charge >= 0.3 is 0 Å². The zero-order valence-corrected chi connectivity index (χ0v) is 9.33. The first-order valence-corrected chi connectivity index (χ1v) is 5.31. The van der Waals surface area contributed by atoms with Crippen LogP contribution in [0.4, 0.5) is 0 Å². The summed E-state index contributed by atoms with van der Waals surface area (Å²) in [6, 6.07) is 9.58. The molecule has 0 unspecified atom stereocenters. The number of hydrogen-bond acceptors (Lipinski definition) is 3. The number of pyridine rings is 1. The first-order chi connectivity index (χ1) is 8.25. The topological polar surface area (TPSA) is 50.9 Å². The smallest absolute Gasteiger partial charge is 0.142 e. The van der Waals surface area contributed by atoms with Gasteiger partial charge in [0.15, 0.2) is 0 Å². The third-order valence-corrected chi connectivity index (χ3v) is 2.77. The van der Waals surface area contributed by atoms with Crippen LogP contribution in [0, 0.1) is 0 Å². The van der Waals surface area contributed by atoms with Crippen molar-refractivity contribution in [2.24, 2.45) is 7.05 Å². The molecule has 3 rings (SSSR count). The highest BCUT2D eigenvalue weighted by molar-refractivity contribution is 5.80. The van der Waals surface area contributed by atoms with E-state index in [1.807, 2.05) is 35.9 Å². The summed E-state index contributed by atoms with van der Waals surface area (Å²) in [5, 5.41) is 9.44. The molecule has 84 valence electrons. The van der Waals surface area contributed by atoms with E-state index in [0.717, 1.165) is 22.4 Å². The lowest BCUT2D eigenvalue weighted by Gasteiger charge is -2.02. The van der Waals surface area contributed by atoms with Crippen LogP contribution in [0.15, 0.2) is 42.7 Å². The first kappa shape index (κ1) is 9.84. The Labute approximate surface area is 98.2 Å². The van der Waals surface area contributed by atoms with Gasteiger partial charge in [0.05, 0.1) is 17.2 Å². The van der Waals surface area contributed by atoms with Crippen LogP contribution in [-0.2, 0) is 7.05 Å². The second kappa shape index (κ2) is 3.59. The van der Waals surface area contributed by atoms with Crippen molar-refractivity contribution < 1.29 is 5.11 Å². The summed E-state index contributed by atoms with van der Waals surface area (Å²) in [6.07, 6.45) is 3.10. The fourth-order valence-electron chi connectivity index (χ4n) is 1.95. The molecule has 0 atom stereocenters. The number of aromatic nitrogens is 3. The minimum atomic E-state index is 0.148. The maximum absolute atomic E-state index is 9.44. The monoisotopic (exact) mass is 225 g/mol. The lowest BCUT2D eigenvalue weighted by atomic mass is 10.2. The van der Waals surface area contributed by atoms with Crippen LogP contribution in [0.5, 0.6) is 5.75 Å². The van der Waals surface area contributed by atoms with Gasteiger partial charge in [-0.3, -0.25) is 4.98 Å². The van der Waals surface area contributed by atoms with Gasteiger partial charge in [-0.05, 0) is 18.2 Å². The minimum absolute atomic E-state index is 0.148. The zero-order valence-electron chi connectivity index (χ0n) is 9.33. The molecule has 0 saturated carbocycles. The number of imidazole rings is 1. The molecular formula is C13H11N3O. The average molecular weight is 225 g/mol. The number of fused-ring (bicyclic) bond motifs is 1. The zero-order chi connectivity index (χ0) is 11.8. The summed E-state index contributed by atoms with van der Waals surface area (Å²) >= 11 is 0. The Morgan fingerprint density at radius 3 is 2.76 bits per heavy atom. The van der Waals surface area contributed by atoms with E-state index in [4.69, 9.17) is 0 Å². The normalized spacial score (nSPS) is 10.9. The summed E-state index contributed by atoms with van der Waals surface area (Å²) in [5.41, 5.74) is 2.81. The number of para-hydroxylation sites is 2. The van der Waals surface area contributed by atoms with Gasteiger partial charge in [-0.1, -0.05) is 12.1 Å². The van der Waals surface area contributed by atoms with Crippen LogP contribution in [-0.4, -0.2) is 19.6 Å². The highest BCUT2D eigenvalue weighted by atomic mass is 16.3. The van der Waals surface area contributed by atoms with Gasteiger partial charge in [0.1, 0.15) is 11.6 Å². The molecule has 0 fully saturated rings. The van der Waals surface area contributed by atoms with Crippen molar-refractivity contribution in [1.29, 1.82) is 0 Å². The third kappa shape index (κ3) is 1.54. The quantitative estimate of drug-likeness (QED) is 0.691. The minimum Gasteiger partial charge on any atom is -0.506 e. The van der Waals surface area contributed by atoms with E-state index in [2.05, 4.69) is 9.97 Å². The van der Waals surface area contributed by atoms with Crippen molar-refractivity contribution in [3.05, 3.63) is 42.7 Å². The fourth-order valence-corrected chi connectivity index (χ4v) is 1.95. The van der Waals surface area contributed by atoms with Gasteiger partial charge in [0, 0.05) is 18.8 Å². The van der Waals surface area contributed by atoms with E-state index < -0.39 is 0 Å². The Balaban J connectivity index is 2.27. The van der Waals surface area contributed by atoms with Gasteiger partial charge < -0.3 is 9.67 Å². The van der Waals surface area contributed by atoms with Gasteiger partial charge in [-0.15, -0.1) is 0 Å². The number of hydrogen-bond donors (Lipinski definition) is 1. The van der Waals surface area contributed by atoms with E-state index in [9.17, 15) is 5.11 Å².